The molecule has 1 aliphatic carbocycles. The van der Waals surface area contributed by atoms with Crippen LogP contribution in [0.5, 0.6) is 5.75 Å². The van der Waals surface area contributed by atoms with Crippen LogP contribution in [0.15, 0.2) is 72.6 Å². The Morgan fingerprint density at radius 1 is 1.24 bits per heavy atom. The van der Waals surface area contributed by atoms with Crippen LogP contribution >= 0.6 is 0 Å². The Hall–Kier alpha value is -4.00. The molecule has 0 spiro atoms. The van der Waals surface area contributed by atoms with E-state index in [1.165, 1.54) is 0 Å². The molecular weight excluding hydrogens is 426 g/mol. The van der Waals surface area contributed by atoms with Crippen LogP contribution in [-0.2, 0) is 6.42 Å². The number of nitrogens with zero attached hydrogens (tertiary/aromatic N) is 4. The molecule has 1 heterocycles. The van der Waals surface area contributed by atoms with Gasteiger partial charge in [-0.2, -0.15) is 0 Å². The summed E-state index contributed by atoms with van der Waals surface area (Å²) in [7, 11) is 3.71. The first kappa shape index (κ1) is 23.2. The highest BCUT2D eigenvalue weighted by molar-refractivity contribution is 6.01. The van der Waals surface area contributed by atoms with Crippen LogP contribution in [0, 0.1) is 0 Å². The van der Waals surface area contributed by atoms with Crippen LogP contribution in [-0.4, -0.2) is 47.6 Å². The maximum atomic E-state index is 12.6. The molecule has 2 aromatic carbocycles. The second-order valence-electron chi connectivity index (χ2n) is 8.27. The lowest BCUT2D eigenvalue weighted by Gasteiger charge is -2.28. The summed E-state index contributed by atoms with van der Waals surface area (Å²) in [5.41, 5.74) is 4.72. The van der Waals surface area contributed by atoms with Crippen molar-refractivity contribution in [3.05, 3.63) is 90.0 Å². The number of aliphatic imine (C=N–C) groups is 1. The third-order valence-electron chi connectivity index (χ3n) is 5.76. The molecule has 1 unspecified atom stereocenters. The van der Waals surface area contributed by atoms with E-state index in [2.05, 4.69) is 39.0 Å². The number of anilines is 1. The summed E-state index contributed by atoms with van der Waals surface area (Å²) in [5.74, 6) is 0.814. The van der Waals surface area contributed by atoms with Gasteiger partial charge in [0.15, 0.2) is 5.78 Å². The van der Waals surface area contributed by atoms with Crippen LogP contribution in [0.1, 0.15) is 46.1 Å². The summed E-state index contributed by atoms with van der Waals surface area (Å²) in [6.45, 7) is 4.76. The Bertz CT molecular complexity index is 1180. The highest BCUT2D eigenvalue weighted by Crippen LogP contribution is 2.39. The zero-order chi connectivity index (χ0) is 23.9. The summed E-state index contributed by atoms with van der Waals surface area (Å²) < 4.78 is 6.63. The van der Waals surface area contributed by atoms with Crippen LogP contribution in [0.25, 0.3) is 5.70 Å². The molecule has 4 rings (SSSR count). The second-order valence-corrected chi connectivity index (χ2v) is 8.27. The molecule has 7 nitrogen and oxygen atoms in total. The van der Waals surface area contributed by atoms with E-state index in [1.807, 2.05) is 42.3 Å². The largest absolute Gasteiger partial charge is 0.482 e. The number of rotatable bonds is 9. The van der Waals surface area contributed by atoms with Crippen LogP contribution in [0.3, 0.4) is 0 Å². The van der Waals surface area contributed by atoms with Crippen molar-refractivity contribution in [1.82, 2.24) is 14.9 Å². The number of hydrogen-bond acceptors (Lipinski definition) is 6. The molecule has 174 valence electrons. The van der Waals surface area contributed by atoms with Gasteiger partial charge < -0.3 is 15.0 Å². The number of fused-ring (bicyclic) bond motifs is 1. The van der Waals surface area contributed by atoms with Gasteiger partial charge >= 0.3 is 0 Å². The van der Waals surface area contributed by atoms with Gasteiger partial charge in [-0.1, -0.05) is 36.9 Å². The number of Topliss-reactive ketones (excluding diaryl/α,β-unsaturated/α-hetero) is 1. The van der Waals surface area contributed by atoms with E-state index >= 15 is 0 Å². The Morgan fingerprint density at radius 2 is 2.06 bits per heavy atom. The molecule has 1 aromatic heterocycles. The molecular formula is C27H29N5O2. The van der Waals surface area contributed by atoms with E-state index < -0.39 is 0 Å². The molecule has 0 saturated heterocycles. The van der Waals surface area contributed by atoms with Crippen molar-refractivity contribution in [1.29, 1.82) is 0 Å². The lowest BCUT2D eigenvalue weighted by Crippen LogP contribution is -2.27. The topological polar surface area (TPSA) is 79.7 Å². The molecule has 1 N–H and O–H groups in total. The molecule has 34 heavy (non-hydrogen) atoms. The third kappa shape index (κ3) is 5.31. The Morgan fingerprint density at radius 3 is 2.79 bits per heavy atom. The van der Waals surface area contributed by atoms with E-state index in [0.29, 0.717) is 30.1 Å². The van der Waals surface area contributed by atoms with Gasteiger partial charge in [-0.3, -0.25) is 19.8 Å². The molecule has 0 fully saturated rings. The van der Waals surface area contributed by atoms with Crippen molar-refractivity contribution in [2.24, 2.45) is 4.99 Å². The van der Waals surface area contributed by atoms with Gasteiger partial charge in [0.05, 0.1) is 30.5 Å². The smallest absolute Gasteiger partial charge is 0.163 e. The van der Waals surface area contributed by atoms with Gasteiger partial charge in [0, 0.05) is 38.5 Å². The molecule has 0 bridgehead atoms. The van der Waals surface area contributed by atoms with Crippen molar-refractivity contribution in [3.63, 3.8) is 0 Å². The number of carbonyl (C=O) groups is 1. The number of benzene rings is 2. The maximum Gasteiger partial charge on any atom is 0.163 e. The minimum atomic E-state index is -0.258. The first-order valence-electron chi connectivity index (χ1n) is 11.3. The second kappa shape index (κ2) is 10.7. The van der Waals surface area contributed by atoms with Crippen LogP contribution < -0.4 is 10.1 Å². The van der Waals surface area contributed by atoms with E-state index in [-0.39, 0.29) is 11.9 Å². The van der Waals surface area contributed by atoms with Crippen molar-refractivity contribution >= 4 is 23.5 Å². The summed E-state index contributed by atoms with van der Waals surface area (Å²) >= 11 is 0. The van der Waals surface area contributed by atoms with Crippen LogP contribution in [0.2, 0.25) is 0 Å². The fourth-order valence-electron chi connectivity index (χ4n) is 4.15. The van der Waals surface area contributed by atoms with Gasteiger partial charge in [-0.15, -0.1) is 0 Å². The first-order chi connectivity index (χ1) is 16.6. The number of ether oxygens (including phenoxy) is 1. The molecule has 0 saturated carbocycles. The van der Waals surface area contributed by atoms with E-state index in [9.17, 15) is 4.79 Å². The summed E-state index contributed by atoms with van der Waals surface area (Å²) in [6.07, 6.45) is 8.57. The van der Waals surface area contributed by atoms with Crippen molar-refractivity contribution in [2.45, 2.75) is 25.4 Å². The predicted molar refractivity (Wildman–Crippen MR) is 135 cm³/mol. The average molecular weight is 456 g/mol. The molecule has 1 atom stereocenters. The Kier molecular flexibility index (Phi) is 7.32. The van der Waals surface area contributed by atoms with Crippen molar-refractivity contribution < 1.29 is 9.53 Å². The highest BCUT2D eigenvalue weighted by Gasteiger charge is 2.25. The molecule has 0 amide bonds. The number of ketones is 1. The standard InChI is InChI=1S/C27H29N5O2/c1-19(23-16-29-14-15-30-23)31-27-22-10-7-11-24(33)21(22)12-13-25(27)34-26(17-32(3)18-28-2)20-8-5-4-6-9-20/h4-6,8-9,12-16,18,26,31H,1,7,10-11,17H2,2-3H3. The number of carbonyl (C=O) groups excluding carboxylic acids is 1. The number of nitrogens with one attached hydrogen (secondary N) is 1. The zero-order valence-corrected chi connectivity index (χ0v) is 19.6. The van der Waals surface area contributed by atoms with E-state index in [4.69, 9.17) is 4.74 Å². The highest BCUT2D eigenvalue weighted by atomic mass is 16.5. The lowest BCUT2D eigenvalue weighted by molar-refractivity contribution is 0.0972. The summed E-state index contributed by atoms with van der Waals surface area (Å²) in [4.78, 5) is 27.2. The van der Waals surface area contributed by atoms with E-state index in [0.717, 1.165) is 35.2 Å². The SMILES string of the molecule is C=C(Nc1c(OC(CN(C)C=NC)c2ccccc2)ccc2c1CCCC2=O)c1cnccn1. The van der Waals surface area contributed by atoms with Gasteiger partial charge in [-0.05, 0) is 36.1 Å². The van der Waals surface area contributed by atoms with Gasteiger partial charge in [0.25, 0.3) is 0 Å². The van der Waals surface area contributed by atoms with Crippen molar-refractivity contribution in [3.8, 4) is 5.75 Å². The molecule has 1 aliphatic rings. The van der Waals surface area contributed by atoms with E-state index in [1.54, 1.807) is 32.0 Å². The zero-order valence-electron chi connectivity index (χ0n) is 19.6. The fraction of sp³-hybridized carbons (Fsp3) is 0.259. The van der Waals surface area contributed by atoms with Gasteiger partial charge in [-0.25, -0.2) is 0 Å². The molecule has 0 radical (unpaired) electrons. The number of hydrogen-bond donors (Lipinski definition) is 1. The maximum absolute atomic E-state index is 12.6. The predicted octanol–water partition coefficient (Wildman–Crippen LogP) is 4.79. The lowest BCUT2D eigenvalue weighted by atomic mass is 9.89. The fourth-order valence-corrected chi connectivity index (χ4v) is 4.15. The first-order valence-corrected chi connectivity index (χ1v) is 11.3. The molecule has 3 aromatic rings. The average Bonchev–Trinajstić information content (AvgIpc) is 2.86. The summed E-state index contributed by atoms with van der Waals surface area (Å²) in [6, 6.07) is 13.8. The Labute approximate surface area is 200 Å². The Balaban J connectivity index is 1.73. The third-order valence-corrected chi connectivity index (χ3v) is 5.76. The number of aromatic nitrogens is 2. The summed E-state index contributed by atoms with van der Waals surface area (Å²) in [5, 5.41) is 3.40. The van der Waals surface area contributed by atoms with Crippen molar-refractivity contribution in [2.75, 3.05) is 26.0 Å². The van der Waals surface area contributed by atoms with Crippen LogP contribution in [0.4, 0.5) is 5.69 Å². The number of likely N-dealkylation sites (N-methyl/N-ethyl adjacent to an activating group) is 1. The van der Waals surface area contributed by atoms with Gasteiger partial charge in [0.1, 0.15) is 17.5 Å². The quantitative estimate of drug-likeness (QED) is 0.369. The monoisotopic (exact) mass is 455 g/mol. The molecule has 7 heteroatoms. The normalized spacial score (nSPS) is 13.9. The van der Waals surface area contributed by atoms with Gasteiger partial charge in [0.2, 0.25) is 0 Å². The minimum Gasteiger partial charge on any atom is -0.482 e. The molecule has 0 aliphatic heterocycles. The minimum absolute atomic E-state index is 0.152.